The van der Waals surface area contributed by atoms with E-state index in [1.165, 1.54) is 11.8 Å². The lowest BCUT2D eigenvalue weighted by molar-refractivity contribution is -0.142. The van der Waals surface area contributed by atoms with Crippen molar-refractivity contribution in [3.05, 3.63) is 95.6 Å². The van der Waals surface area contributed by atoms with Crippen LogP contribution in [0, 0.1) is 0 Å². The Kier molecular flexibility index (Phi) is 10.2. The Morgan fingerprint density at radius 1 is 0.900 bits per heavy atom. The van der Waals surface area contributed by atoms with E-state index in [0.29, 0.717) is 5.75 Å². The molecular weight excluding hydrogens is 528 g/mol. The molecule has 0 spiro atoms. The first kappa shape index (κ1) is 29.2. The highest BCUT2D eigenvalue weighted by Crippen LogP contribution is 2.44. The van der Waals surface area contributed by atoms with Gasteiger partial charge in [0.2, 0.25) is 5.91 Å². The van der Waals surface area contributed by atoms with E-state index in [1.54, 1.807) is 6.92 Å². The number of thioether (sulfide) groups is 1. The van der Waals surface area contributed by atoms with Crippen LogP contribution in [0.25, 0.3) is 11.1 Å². The minimum absolute atomic E-state index is 0.0823. The van der Waals surface area contributed by atoms with Crippen LogP contribution in [-0.2, 0) is 25.7 Å². The lowest BCUT2D eigenvalue weighted by atomic mass is 9.98. The molecule has 2 amide bonds. The Balaban J connectivity index is 1.45. The van der Waals surface area contributed by atoms with Gasteiger partial charge in [0.15, 0.2) is 0 Å². The summed E-state index contributed by atoms with van der Waals surface area (Å²) in [6.07, 6.45) is 0.560. The lowest BCUT2D eigenvalue weighted by Gasteiger charge is -2.26. The Labute approximate surface area is 238 Å². The summed E-state index contributed by atoms with van der Waals surface area (Å²) < 4.78 is 11.6. The molecule has 3 atom stereocenters. The van der Waals surface area contributed by atoms with Gasteiger partial charge in [0.1, 0.15) is 18.7 Å². The molecule has 1 aliphatic rings. The molecule has 9 heteroatoms. The third-order valence-electron chi connectivity index (χ3n) is 6.95. The minimum atomic E-state index is -1.17. The molecule has 0 unspecified atom stereocenters. The minimum Gasteiger partial charge on any atom is -0.480 e. The molecule has 0 heterocycles. The maximum atomic E-state index is 13.3. The van der Waals surface area contributed by atoms with Crippen LogP contribution in [-0.4, -0.2) is 59.9 Å². The molecule has 0 radical (unpaired) electrons. The van der Waals surface area contributed by atoms with Gasteiger partial charge in [-0.1, -0.05) is 78.9 Å². The van der Waals surface area contributed by atoms with Crippen molar-refractivity contribution < 1.29 is 29.0 Å². The van der Waals surface area contributed by atoms with Gasteiger partial charge in [0.05, 0.1) is 12.7 Å². The molecule has 0 fully saturated rings. The van der Waals surface area contributed by atoms with Crippen LogP contribution in [0.4, 0.5) is 4.79 Å². The van der Waals surface area contributed by atoms with E-state index in [1.807, 2.05) is 73.0 Å². The van der Waals surface area contributed by atoms with Crippen LogP contribution in [0.15, 0.2) is 78.9 Å². The van der Waals surface area contributed by atoms with E-state index in [4.69, 9.17) is 9.47 Å². The summed E-state index contributed by atoms with van der Waals surface area (Å²) in [6, 6.07) is 23.2. The SMILES string of the molecule is CSCC[C@H](NC(=O)[C@H](NC(=O)OCC1c2ccccc2-c2ccccc21)[C@H](C)OCc1ccccc1)C(=O)O. The maximum Gasteiger partial charge on any atom is 0.407 e. The van der Waals surface area contributed by atoms with Crippen molar-refractivity contribution in [1.29, 1.82) is 0 Å². The van der Waals surface area contributed by atoms with Crippen LogP contribution in [0.1, 0.15) is 36.0 Å². The van der Waals surface area contributed by atoms with Gasteiger partial charge in [0, 0.05) is 5.92 Å². The average molecular weight is 563 g/mol. The van der Waals surface area contributed by atoms with Crippen LogP contribution >= 0.6 is 11.8 Å². The highest BCUT2D eigenvalue weighted by molar-refractivity contribution is 7.98. The van der Waals surface area contributed by atoms with Crippen molar-refractivity contribution in [2.75, 3.05) is 18.6 Å². The number of hydrogen-bond acceptors (Lipinski definition) is 6. The number of carboxylic acid groups (broad SMARTS) is 1. The van der Waals surface area contributed by atoms with Crippen LogP contribution < -0.4 is 10.6 Å². The molecule has 0 saturated carbocycles. The third kappa shape index (κ3) is 7.22. The number of carboxylic acids is 1. The van der Waals surface area contributed by atoms with Gasteiger partial charge < -0.3 is 25.2 Å². The number of carbonyl (C=O) groups excluding carboxylic acids is 2. The van der Waals surface area contributed by atoms with Gasteiger partial charge in [-0.3, -0.25) is 4.79 Å². The van der Waals surface area contributed by atoms with Crippen molar-refractivity contribution in [1.82, 2.24) is 10.6 Å². The zero-order valence-electron chi connectivity index (χ0n) is 22.5. The monoisotopic (exact) mass is 562 g/mol. The number of nitrogens with one attached hydrogen (secondary N) is 2. The quantitative estimate of drug-likeness (QED) is 0.274. The van der Waals surface area contributed by atoms with E-state index < -0.39 is 36.2 Å². The Morgan fingerprint density at radius 3 is 2.10 bits per heavy atom. The number of fused-ring (bicyclic) bond motifs is 3. The van der Waals surface area contributed by atoms with E-state index in [0.717, 1.165) is 27.8 Å². The van der Waals surface area contributed by atoms with Crippen molar-refractivity contribution in [2.45, 2.75) is 44.1 Å². The molecule has 0 aromatic heterocycles. The fourth-order valence-corrected chi connectivity index (χ4v) is 5.29. The lowest BCUT2D eigenvalue weighted by Crippen LogP contribution is -2.56. The number of carbonyl (C=O) groups is 3. The van der Waals surface area contributed by atoms with Crippen LogP contribution in [0.2, 0.25) is 0 Å². The summed E-state index contributed by atoms with van der Waals surface area (Å²) >= 11 is 1.49. The molecule has 0 bridgehead atoms. The number of amides is 2. The van der Waals surface area contributed by atoms with Crippen LogP contribution in [0.3, 0.4) is 0 Å². The smallest absolute Gasteiger partial charge is 0.407 e. The normalized spacial score (nSPS) is 14.3. The molecule has 3 aromatic carbocycles. The first-order valence-electron chi connectivity index (χ1n) is 13.2. The number of ether oxygens (including phenoxy) is 2. The van der Waals surface area contributed by atoms with E-state index in [2.05, 4.69) is 22.8 Å². The number of benzene rings is 3. The second-order valence-corrected chi connectivity index (χ2v) is 10.6. The highest BCUT2D eigenvalue weighted by Gasteiger charge is 2.33. The Morgan fingerprint density at radius 2 is 1.50 bits per heavy atom. The fraction of sp³-hybridized carbons (Fsp3) is 0.323. The number of aliphatic carboxylic acids is 1. The van der Waals surface area contributed by atoms with Crippen LogP contribution in [0.5, 0.6) is 0 Å². The molecule has 210 valence electrons. The molecular formula is C31H34N2O6S. The van der Waals surface area contributed by atoms with Crippen molar-refractivity contribution in [3.8, 4) is 11.1 Å². The van der Waals surface area contributed by atoms with Gasteiger partial charge in [0.25, 0.3) is 0 Å². The first-order chi connectivity index (χ1) is 19.4. The van der Waals surface area contributed by atoms with Gasteiger partial charge >= 0.3 is 12.1 Å². The van der Waals surface area contributed by atoms with E-state index in [9.17, 15) is 19.5 Å². The first-order valence-corrected chi connectivity index (χ1v) is 14.6. The maximum absolute atomic E-state index is 13.3. The van der Waals surface area contributed by atoms with Crippen molar-refractivity contribution >= 4 is 29.7 Å². The molecule has 3 N–H and O–H groups in total. The summed E-state index contributed by atoms with van der Waals surface area (Å²) in [4.78, 5) is 38.0. The fourth-order valence-electron chi connectivity index (χ4n) is 4.82. The van der Waals surface area contributed by atoms with Crippen molar-refractivity contribution in [2.24, 2.45) is 0 Å². The Bertz CT molecular complexity index is 1270. The number of alkyl carbamates (subject to hydrolysis) is 1. The standard InChI is InChI=1S/C31H34N2O6S/c1-20(38-18-21-10-4-3-5-11-21)28(29(34)32-27(30(35)36)16-17-40-2)33-31(37)39-19-26-24-14-8-6-12-22(24)23-13-7-9-15-25(23)26/h3-15,20,26-28H,16-19H2,1-2H3,(H,32,34)(H,33,37)(H,35,36)/t20-,27-,28+/m0/s1. The molecule has 1 aliphatic carbocycles. The van der Waals surface area contributed by atoms with Gasteiger partial charge in [-0.05, 0) is 53.2 Å². The summed E-state index contributed by atoms with van der Waals surface area (Å²) in [6.45, 7) is 1.96. The number of hydrogen-bond donors (Lipinski definition) is 3. The summed E-state index contributed by atoms with van der Waals surface area (Å²) in [5, 5.41) is 14.8. The second kappa shape index (κ2) is 14.0. The third-order valence-corrected chi connectivity index (χ3v) is 7.59. The predicted molar refractivity (Wildman–Crippen MR) is 155 cm³/mol. The van der Waals surface area contributed by atoms with Gasteiger partial charge in [-0.2, -0.15) is 11.8 Å². The summed E-state index contributed by atoms with van der Waals surface area (Å²) in [5.41, 5.74) is 5.26. The summed E-state index contributed by atoms with van der Waals surface area (Å²) in [5.74, 6) is -1.37. The predicted octanol–water partition coefficient (Wildman–Crippen LogP) is 4.82. The number of rotatable bonds is 13. The zero-order valence-corrected chi connectivity index (χ0v) is 23.4. The average Bonchev–Trinajstić information content (AvgIpc) is 3.29. The zero-order chi connectivity index (χ0) is 28.5. The Hall–Kier alpha value is -3.82. The molecule has 40 heavy (non-hydrogen) atoms. The molecule has 8 nitrogen and oxygen atoms in total. The molecule has 3 aromatic rings. The molecule has 0 aliphatic heterocycles. The topological polar surface area (TPSA) is 114 Å². The summed E-state index contributed by atoms with van der Waals surface area (Å²) in [7, 11) is 0. The molecule has 0 saturated heterocycles. The van der Waals surface area contributed by atoms with E-state index in [-0.39, 0.29) is 25.6 Å². The largest absolute Gasteiger partial charge is 0.480 e. The van der Waals surface area contributed by atoms with E-state index >= 15 is 0 Å². The van der Waals surface area contributed by atoms with Crippen molar-refractivity contribution in [3.63, 3.8) is 0 Å². The highest BCUT2D eigenvalue weighted by atomic mass is 32.2. The molecule has 4 rings (SSSR count). The van der Waals surface area contributed by atoms with Gasteiger partial charge in [-0.15, -0.1) is 0 Å². The second-order valence-electron chi connectivity index (χ2n) is 9.63. The van der Waals surface area contributed by atoms with Gasteiger partial charge in [-0.25, -0.2) is 9.59 Å².